The second-order valence-corrected chi connectivity index (χ2v) is 7.75. The molecule has 0 fully saturated rings. The van der Waals surface area contributed by atoms with Crippen LogP contribution in [-0.4, -0.2) is 31.5 Å². The summed E-state index contributed by atoms with van der Waals surface area (Å²) in [6, 6.07) is 0.728. The van der Waals surface area contributed by atoms with Crippen molar-refractivity contribution in [2.24, 2.45) is 5.73 Å². The van der Waals surface area contributed by atoms with Crippen LogP contribution in [0, 0.1) is 24.0 Å². The van der Waals surface area contributed by atoms with Crippen LogP contribution < -0.4 is 11.1 Å². The topological polar surface area (TPSA) is 146 Å². The molecule has 0 aromatic carbocycles. The van der Waals surface area contributed by atoms with E-state index >= 15 is 0 Å². The van der Waals surface area contributed by atoms with Gasteiger partial charge in [-0.05, 0) is 25.5 Å². The first-order valence-corrected chi connectivity index (χ1v) is 9.64. The summed E-state index contributed by atoms with van der Waals surface area (Å²) in [5.74, 6) is -2.00. The van der Waals surface area contributed by atoms with Crippen molar-refractivity contribution in [1.29, 1.82) is 0 Å². The van der Waals surface area contributed by atoms with Gasteiger partial charge < -0.3 is 11.1 Å². The molecule has 33 heavy (non-hydrogen) atoms. The average Bonchev–Trinajstić information content (AvgIpc) is 3.20. The Bertz CT molecular complexity index is 1300. The number of alkyl halides is 5. The minimum absolute atomic E-state index is 0.0339. The molecule has 3 aromatic heterocycles. The molecule has 0 aliphatic heterocycles. The maximum atomic E-state index is 13.1. The molecule has 0 bridgehead atoms. The minimum Gasteiger partial charge on any atom is -0.365 e. The van der Waals surface area contributed by atoms with E-state index in [-0.39, 0.29) is 32.0 Å². The van der Waals surface area contributed by atoms with E-state index in [0.29, 0.717) is 16.0 Å². The molecule has 3 heterocycles. The number of pyridine rings is 1. The summed E-state index contributed by atoms with van der Waals surface area (Å²) < 4.78 is 66.1. The van der Waals surface area contributed by atoms with Crippen molar-refractivity contribution in [3.05, 3.63) is 43.7 Å². The third kappa shape index (κ3) is 4.46. The summed E-state index contributed by atoms with van der Waals surface area (Å²) in [5.41, 5.74) is 1.53. The Balaban J connectivity index is 2.02. The number of nitrogens with one attached hydrogen (secondary N) is 1. The zero-order chi connectivity index (χ0) is 24.8. The molecule has 0 atom stereocenters. The summed E-state index contributed by atoms with van der Waals surface area (Å²) >= 11 is 0.531. The fourth-order valence-electron chi connectivity index (χ4n) is 3.12. The number of fused-ring (bicyclic) bond motifs is 1. The van der Waals surface area contributed by atoms with E-state index < -0.39 is 53.0 Å². The van der Waals surface area contributed by atoms with E-state index in [4.69, 9.17) is 5.73 Å². The van der Waals surface area contributed by atoms with Crippen molar-refractivity contribution in [3.63, 3.8) is 0 Å². The minimum atomic E-state index is -4.76. The van der Waals surface area contributed by atoms with Crippen LogP contribution in [0.1, 0.15) is 38.7 Å². The molecule has 0 saturated carbocycles. The Labute approximate surface area is 184 Å². The molecule has 0 saturated heterocycles. The number of aryl methyl sites for hydroxylation is 1. The molecule has 0 radical (unpaired) electrons. The van der Waals surface area contributed by atoms with Crippen molar-refractivity contribution < 1.29 is 36.5 Å². The second-order valence-electron chi connectivity index (χ2n) is 6.76. The monoisotopic (exact) mass is 492 g/mol. The average molecular weight is 492 g/mol. The largest absolute Gasteiger partial charge is 0.433 e. The van der Waals surface area contributed by atoms with Gasteiger partial charge in [0, 0.05) is 5.39 Å². The van der Waals surface area contributed by atoms with Gasteiger partial charge in [-0.2, -0.15) is 18.3 Å². The van der Waals surface area contributed by atoms with E-state index in [1.807, 2.05) is 0 Å². The molecule has 10 nitrogen and oxygen atoms in total. The maximum Gasteiger partial charge on any atom is 0.433 e. The maximum absolute atomic E-state index is 13.1. The number of carbonyl (C=O) groups is 2. The number of carbonyl (C=O) groups excluding carboxylic acids is 2. The number of primary amides is 1. The number of rotatable bonds is 6. The molecule has 3 aromatic rings. The van der Waals surface area contributed by atoms with E-state index in [0.717, 1.165) is 13.0 Å². The SMILES string of the molecule is Cc1cc(C(F)(F)F)nc2sc(C(N)=O)c(NC(=O)Cn3nc(C(F)F)c([N+](=O)[O-])c3C)c12. The van der Waals surface area contributed by atoms with Crippen LogP contribution in [0.3, 0.4) is 0 Å². The zero-order valence-corrected chi connectivity index (χ0v) is 17.5. The van der Waals surface area contributed by atoms with E-state index in [9.17, 15) is 41.7 Å². The van der Waals surface area contributed by atoms with E-state index in [1.165, 1.54) is 6.92 Å². The normalized spacial score (nSPS) is 11.9. The van der Waals surface area contributed by atoms with Gasteiger partial charge in [0.2, 0.25) is 11.6 Å². The molecule has 3 N–H and O–H groups in total. The van der Waals surface area contributed by atoms with Gasteiger partial charge in [-0.25, -0.2) is 13.8 Å². The van der Waals surface area contributed by atoms with Gasteiger partial charge >= 0.3 is 11.9 Å². The quantitative estimate of drug-likeness (QED) is 0.305. The van der Waals surface area contributed by atoms with Gasteiger partial charge in [0.25, 0.3) is 12.3 Å². The summed E-state index contributed by atoms with van der Waals surface area (Å²) in [4.78, 5) is 37.4. The Hall–Kier alpha value is -3.69. The van der Waals surface area contributed by atoms with E-state index in [2.05, 4.69) is 15.4 Å². The van der Waals surface area contributed by atoms with Crippen molar-refractivity contribution >= 4 is 44.7 Å². The molecule has 0 aliphatic rings. The lowest BCUT2D eigenvalue weighted by molar-refractivity contribution is -0.386. The summed E-state index contributed by atoms with van der Waals surface area (Å²) in [5, 5.41) is 16.8. The lowest BCUT2D eigenvalue weighted by Gasteiger charge is -2.10. The van der Waals surface area contributed by atoms with Crippen molar-refractivity contribution in [3.8, 4) is 0 Å². The molecule has 0 unspecified atom stereocenters. The molecule has 176 valence electrons. The van der Waals surface area contributed by atoms with Gasteiger partial charge in [-0.15, -0.1) is 11.3 Å². The Morgan fingerprint density at radius 1 is 1.33 bits per heavy atom. The third-order valence-corrected chi connectivity index (χ3v) is 5.62. The van der Waals surface area contributed by atoms with Crippen LogP contribution in [0.2, 0.25) is 0 Å². The van der Waals surface area contributed by atoms with Crippen LogP contribution in [0.15, 0.2) is 6.07 Å². The lowest BCUT2D eigenvalue weighted by Crippen LogP contribution is -2.22. The number of hydrogen-bond donors (Lipinski definition) is 2. The number of nitro groups is 1. The van der Waals surface area contributed by atoms with Crippen LogP contribution in [0.25, 0.3) is 10.2 Å². The fraction of sp³-hybridized carbons (Fsp3) is 0.294. The number of aromatic nitrogens is 3. The molecular weight excluding hydrogens is 479 g/mol. The molecule has 16 heteroatoms. The Morgan fingerprint density at radius 2 is 1.97 bits per heavy atom. The molecule has 3 rings (SSSR count). The Kier molecular flexibility index (Phi) is 6.06. The lowest BCUT2D eigenvalue weighted by atomic mass is 10.1. The van der Waals surface area contributed by atoms with E-state index in [1.54, 1.807) is 0 Å². The van der Waals surface area contributed by atoms with Gasteiger partial charge in [0.05, 0.1) is 10.6 Å². The molecular formula is C17H13F5N6O4S. The summed E-state index contributed by atoms with van der Waals surface area (Å²) in [6.07, 6.45) is -8.03. The molecule has 0 aliphatic carbocycles. The smallest absolute Gasteiger partial charge is 0.365 e. The predicted molar refractivity (Wildman–Crippen MR) is 105 cm³/mol. The highest BCUT2D eigenvalue weighted by molar-refractivity contribution is 7.21. The first-order chi connectivity index (χ1) is 15.2. The highest BCUT2D eigenvalue weighted by Gasteiger charge is 2.35. The van der Waals surface area contributed by atoms with Crippen molar-refractivity contribution in [2.75, 3.05) is 5.32 Å². The zero-order valence-electron chi connectivity index (χ0n) is 16.7. The fourth-order valence-corrected chi connectivity index (χ4v) is 4.18. The summed E-state index contributed by atoms with van der Waals surface area (Å²) in [6.45, 7) is 1.66. The number of nitrogens with zero attached hydrogens (tertiary/aromatic N) is 4. The van der Waals surface area contributed by atoms with Crippen molar-refractivity contribution in [1.82, 2.24) is 14.8 Å². The number of hydrogen-bond acceptors (Lipinski definition) is 7. The highest BCUT2D eigenvalue weighted by Crippen LogP contribution is 2.40. The number of halogens is 5. The third-order valence-electron chi connectivity index (χ3n) is 4.52. The molecule has 2 amide bonds. The molecule has 0 spiro atoms. The van der Waals surface area contributed by atoms with Crippen LogP contribution in [0.5, 0.6) is 0 Å². The van der Waals surface area contributed by atoms with Gasteiger partial charge in [-0.3, -0.25) is 24.4 Å². The van der Waals surface area contributed by atoms with Crippen LogP contribution in [0.4, 0.5) is 33.3 Å². The van der Waals surface area contributed by atoms with Crippen LogP contribution >= 0.6 is 11.3 Å². The first-order valence-electron chi connectivity index (χ1n) is 8.83. The summed E-state index contributed by atoms with van der Waals surface area (Å²) in [7, 11) is 0. The van der Waals surface area contributed by atoms with Gasteiger partial charge in [0.1, 0.15) is 27.6 Å². The second kappa shape index (κ2) is 8.34. The van der Waals surface area contributed by atoms with Crippen LogP contribution in [-0.2, 0) is 17.5 Å². The van der Waals surface area contributed by atoms with Gasteiger partial charge in [0.15, 0.2) is 0 Å². The number of amides is 2. The number of anilines is 1. The van der Waals surface area contributed by atoms with Gasteiger partial charge in [-0.1, -0.05) is 0 Å². The number of thiophene rings is 1. The standard InChI is InChI=1S/C17H13F5N6O4S/c1-5-3-7(17(20,21)22)24-16-9(5)10(13(33-16)15(23)30)25-8(29)4-27-6(2)12(28(31)32)11(26-27)14(18)19/h3,14H,4H2,1-2H3,(H2,23,30)(H,25,29). The van der Waals surface area contributed by atoms with Crippen molar-refractivity contribution in [2.45, 2.75) is 33.0 Å². The number of nitrogens with two attached hydrogens (primary N) is 1. The predicted octanol–water partition coefficient (Wildman–Crippen LogP) is 3.71. The Morgan fingerprint density at radius 3 is 2.45 bits per heavy atom. The first kappa shape index (κ1) is 24.0. The highest BCUT2D eigenvalue weighted by atomic mass is 32.1.